The van der Waals surface area contributed by atoms with Gasteiger partial charge in [-0.2, -0.15) is 0 Å². The number of nitrogens with zero attached hydrogens (tertiary/aromatic N) is 1. The van der Waals surface area contributed by atoms with Crippen molar-refractivity contribution in [3.05, 3.63) is 22.8 Å². The molecule has 5 nitrogen and oxygen atoms in total. The number of ether oxygens (including phenoxy) is 1. The van der Waals surface area contributed by atoms with Crippen LogP contribution in [0.4, 0.5) is 5.82 Å². The monoisotopic (exact) mass is 299 g/mol. The van der Waals surface area contributed by atoms with E-state index in [1.54, 1.807) is 6.07 Å². The maximum atomic E-state index is 11.9. The molecule has 1 rings (SSSR count). The van der Waals surface area contributed by atoms with Crippen molar-refractivity contribution < 1.29 is 9.53 Å². The Kier molecular flexibility index (Phi) is 7.33. The summed E-state index contributed by atoms with van der Waals surface area (Å²) < 4.78 is 5.35. The molecule has 1 amide bonds. The minimum Gasteiger partial charge on any atom is -0.377 e. The van der Waals surface area contributed by atoms with Crippen molar-refractivity contribution in [1.29, 1.82) is 0 Å². The van der Waals surface area contributed by atoms with Gasteiger partial charge in [-0.25, -0.2) is 4.98 Å². The fraction of sp³-hybridized carbons (Fsp3) is 0.571. The van der Waals surface area contributed by atoms with E-state index in [9.17, 15) is 4.79 Å². The van der Waals surface area contributed by atoms with Crippen molar-refractivity contribution >= 4 is 23.3 Å². The van der Waals surface area contributed by atoms with Crippen LogP contribution in [0.5, 0.6) is 0 Å². The Morgan fingerprint density at radius 2 is 2.25 bits per heavy atom. The number of anilines is 1. The van der Waals surface area contributed by atoms with Gasteiger partial charge in [0.05, 0.1) is 16.7 Å². The molecule has 1 atom stereocenters. The van der Waals surface area contributed by atoms with E-state index < -0.39 is 0 Å². The lowest BCUT2D eigenvalue weighted by Crippen LogP contribution is -2.32. The van der Waals surface area contributed by atoms with E-state index in [0.29, 0.717) is 29.6 Å². The predicted molar refractivity (Wildman–Crippen MR) is 81.4 cm³/mol. The van der Waals surface area contributed by atoms with Gasteiger partial charge in [-0.15, -0.1) is 0 Å². The van der Waals surface area contributed by atoms with Crippen molar-refractivity contribution in [3.8, 4) is 0 Å². The standard InChI is InChI=1S/C14H22ClN3O2/c1-4-6-16-13-12(15)7-11(9-17-13)14(19)18-8-10(3)20-5-2/h7,9-10H,4-6,8H2,1-3H3,(H,16,17)(H,18,19). The van der Waals surface area contributed by atoms with E-state index in [1.807, 2.05) is 13.8 Å². The van der Waals surface area contributed by atoms with Crippen molar-refractivity contribution in [2.24, 2.45) is 0 Å². The molecule has 1 heterocycles. The van der Waals surface area contributed by atoms with Crippen LogP contribution >= 0.6 is 11.6 Å². The number of hydrogen-bond acceptors (Lipinski definition) is 4. The molecule has 0 saturated heterocycles. The van der Waals surface area contributed by atoms with Crippen molar-refractivity contribution in [3.63, 3.8) is 0 Å². The van der Waals surface area contributed by atoms with Crippen LogP contribution < -0.4 is 10.6 Å². The Morgan fingerprint density at radius 3 is 2.85 bits per heavy atom. The molecule has 6 heteroatoms. The van der Waals surface area contributed by atoms with E-state index in [1.165, 1.54) is 6.20 Å². The van der Waals surface area contributed by atoms with Crippen LogP contribution in [0.2, 0.25) is 5.02 Å². The Hall–Kier alpha value is -1.33. The SMILES string of the molecule is CCCNc1ncc(C(=O)NCC(C)OCC)cc1Cl. The number of aromatic nitrogens is 1. The number of carbonyl (C=O) groups excluding carboxylic acids is 1. The first-order valence-corrected chi connectivity index (χ1v) is 7.25. The second-order valence-electron chi connectivity index (χ2n) is 4.46. The summed E-state index contributed by atoms with van der Waals surface area (Å²) in [7, 11) is 0. The molecule has 0 saturated carbocycles. The minimum atomic E-state index is -0.201. The average Bonchev–Trinajstić information content (AvgIpc) is 2.43. The zero-order valence-corrected chi connectivity index (χ0v) is 13.0. The number of nitrogens with one attached hydrogen (secondary N) is 2. The van der Waals surface area contributed by atoms with Gasteiger partial charge in [-0.1, -0.05) is 18.5 Å². The third kappa shape index (κ3) is 5.35. The second kappa shape index (κ2) is 8.76. The second-order valence-corrected chi connectivity index (χ2v) is 4.86. The Bertz CT molecular complexity index is 440. The maximum absolute atomic E-state index is 11.9. The van der Waals surface area contributed by atoms with Gasteiger partial charge < -0.3 is 15.4 Å². The third-order valence-corrected chi connectivity index (χ3v) is 2.94. The van der Waals surface area contributed by atoms with Gasteiger partial charge in [-0.3, -0.25) is 4.79 Å². The van der Waals surface area contributed by atoms with Crippen LogP contribution in [0.15, 0.2) is 12.3 Å². The zero-order chi connectivity index (χ0) is 15.0. The molecule has 0 fully saturated rings. The van der Waals surface area contributed by atoms with Gasteiger partial charge in [0.25, 0.3) is 5.91 Å². The van der Waals surface area contributed by atoms with Crippen LogP contribution in [-0.4, -0.2) is 36.7 Å². The molecule has 0 aliphatic heterocycles. The molecule has 0 bridgehead atoms. The normalized spacial score (nSPS) is 12.0. The van der Waals surface area contributed by atoms with Gasteiger partial charge >= 0.3 is 0 Å². The van der Waals surface area contributed by atoms with Gasteiger partial charge in [0.1, 0.15) is 5.82 Å². The lowest BCUT2D eigenvalue weighted by atomic mass is 10.2. The Balaban J connectivity index is 2.58. The number of carbonyl (C=O) groups is 1. The molecule has 0 radical (unpaired) electrons. The van der Waals surface area contributed by atoms with Crippen molar-refractivity contribution in [2.45, 2.75) is 33.3 Å². The lowest BCUT2D eigenvalue weighted by Gasteiger charge is -2.13. The number of hydrogen-bond donors (Lipinski definition) is 2. The van der Waals surface area contributed by atoms with Crippen LogP contribution in [0.1, 0.15) is 37.6 Å². The molecular weight excluding hydrogens is 278 g/mol. The van der Waals surface area contributed by atoms with E-state index >= 15 is 0 Å². The van der Waals surface area contributed by atoms with Gasteiger partial charge in [0.15, 0.2) is 0 Å². The average molecular weight is 300 g/mol. The molecule has 2 N–H and O–H groups in total. The quantitative estimate of drug-likeness (QED) is 0.775. The molecule has 0 spiro atoms. The molecule has 1 aromatic rings. The first kappa shape index (κ1) is 16.7. The summed E-state index contributed by atoms with van der Waals surface area (Å²) in [6, 6.07) is 1.62. The Morgan fingerprint density at radius 1 is 1.50 bits per heavy atom. The predicted octanol–water partition coefficient (Wildman–Crippen LogP) is 2.71. The molecule has 20 heavy (non-hydrogen) atoms. The van der Waals surface area contributed by atoms with E-state index in [4.69, 9.17) is 16.3 Å². The fourth-order valence-electron chi connectivity index (χ4n) is 1.62. The van der Waals surface area contributed by atoms with Crippen molar-refractivity contribution in [1.82, 2.24) is 10.3 Å². The largest absolute Gasteiger partial charge is 0.377 e. The summed E-state index contributed by atoms with van der Waals surface area (Å²) >= 11 is 6.09. The van der Waals surface area contributed by atoms with Crippen LogP contribution in [0, 0.1) is 0 Å². The van der Waals surface area contributed by atoms with Crippen molar-refractivity contribution in [2.75, 3.05) is 25.0 Å². The van der Waals surface area contributed by atoms with Crippen LogP contribution in [0.3, 0.4) is 0 Å². The smallest absolute Gasteiger partial charge is 0.252 e. The highest BCUT2D eigenvalue weighted by molar-refractivity contribution is 6.33. The summed E-state index contributed by atoms with van der Waals surface area (Å²) in [5.41, 5.74) is 0.445. The maximum Gasteiger partial charge on any atom is 0.252 e. The highest BCUT2D eigenvalue weighted by Crippen LogP contribution is 2.19. The molecule has 1 aromatic heterocycles. The molecule has 0 aromatic carbocycles. The zero-order valence-electron chi connectivity index (χ0n) is 12.2. The van der Waals surface area contributed by atoms with Crippen LogP contribution in [-0.2, 0) is 4.74 Å². The summed E-state index contributed by atoms with van der Waals surface area (Å²) in [6.45, 7) is 7.77. The topological polar surface area (TPSA) is 63.2 Å². The number of halogens is 1. The number of amides is 1. The fourth-order valence-corrected chi connectivity index (χ4v) is 1.85. The highest BCUT2D eigenvalue weighted by Gasteiger charge is 2.11. The van der Waals surface area contributed by atoms with Crippen LogP contribution in [0.25, 0.3) is 0 Å². The van der Waals surface area contributed by atoms with E-state index in [2.05, 4.69) is 22.5 Å². The van der Waals surface area contributed by atoms with Gasteiger partial charge in [0.2, 0.25) is 0 Å². The van der Waals surface area contributed by atoms with E-state index in [-0.39, 0.29) is 12.0 Å². The molecule has 1 unspecified atom stereocenters. The minimum absolute atomic E-state index is 0.0159. The Labute approximate surface area is 125 Å². The summed E-state index contributed by atoms with van der Waals surface area (Å²) in [6.07, 6.45) is 2.48. The highest BCUT2D eigenvalue weighted by atomic mass is 35.5. The summed E-state index contributed by atoms with van der Waals surface area (Å²) in [4.78, 5) is 16.1. The van der Waals surface area contributed by atoms with E-state index in [0.717, 1.165) is 13.0 Å². The lowest BCUT2D eigenvalue weighted by molar-refractivity contribution is 0.0695. The third-order valence-electron chi connectivity index (χ3n) is 2.65. The van der Waals surface area contributed by atoms with Gasteiger partial charge in [0, 0.05) is 25.9 Å². The first-order valence-electron chi connectivity index (χ1n) is 6.87. The number of rotatable bonds is 8. The molecule has 112 valence electrons. The molecular formula is C14H22ClN3O2. The first-order chi connectivity index (χ1) is 9.58. The summed E-state index contributed by atoms with van der Waals surface area (Å²) in [5.74, 6) is 0.403. The number of pyridine rings is 1. The molecule has 0 aliphatic rings. The van der Waals surface area contributed by atoms with Gasteiger partial charge in [-0.05, 0) is 26.3 Å². The summed E-state index contributed by atoms with van der Waals surface area (Å²) in [5, 5.41) is 6.34. The molecule has 0 aliphatic carbocycles.